The fourth-order valence-electron chi connectivity index (χ4n) is 4.73. The van der Waals surface area contributed by atoms with Crippen molar-refractivity contribution in [2.75, 3.05) is 18.8 Å². The standard InChI is InChI=1S/C24H27F2N7O/c1-24(2)7-20-17(10-30-33(20)12-24)13-3-4-18(26)16(5-13)19-11-29-22(27)21(32-19)23(34)31-15-6-14(25)8-28-9-15/h3-5,10-11,14-15,28H,6-9,12H2,1-2H3,(H2,27,29)(H,31,34)/t14-,15-/m0/s1. The van der Waals surface area contributed by atoms with Crippen molar-refractivity contribution in [3.05, 3.63) is 47.8 Å². The molecule has 10 heteroatoms. The summed E-state index contributed by atoms with van der Waals surface area (Å²) in [7, 11) is 0. The van der Waals surface area contributed by atoms with Crippen LogP contribution in [-0.2, 0) is 13.0 Å². The number of halogens is 2. The third-order valence-electron chi connectivity index (χ3n) is 6.37. The number of nitrogens with zero attached hydrogens (tertiary/aromatic N) is 4. The lowest BCUT2D eigenvalue weighted by Crippen LogP contribution is -2.49. The molecule has 2 atom stereocenters. The first-order chi connectivity index (χ1) is 16.2. The molecule has 0 spiro atoms. The highest BCUT2D eigenvalue weighted by molar-refractivity contribution is 5.97. The van der Waals surface area contributed by atoms with E-state index in [1.54, 1.807) is 18.3 Å². The molecule has 0 saturated carbocycles. The molecule has 2 aliphatic heterocycles. The highest BCUT2D eigenvalue weighted by atomic mass is 19.1. The Hall–Kier alpha value is -3.40. The van der Waals surface area contributed by atoms with E-state index in [9.17, 15) is 13.6 Å². The van der Waals surface area contributed by atoms with Gasteiger partial charge in [0.25, 0.3) is 5.91 Å². The monoisotopic (exact) mass is 467 g/mol. The van der Waals surface area contributed by atoms with Gasteiger partial charge < -0.3 is 16.4 Å². The van der Waals surface area contributed by atoms with Crippen LogP contribution in [0.25, 0.3) is 22.4 Å². The number of alkyl halides is 1. The summed E-state index contributed by atoms with van der Waals surface area (Å²) in [5.74, 6) is -1.13. The van der Waals surface area contributed by atoms with E-state index in [0.29, 0.717) is 6.54 Å². The summed E-state index contributed by atoms with van der Waals surface area (Å²) in [6, 6.07) is 4.39. The zero-order valence-electron chi connectivity index (χ0n) is 19.1. The van der Waals surface area contributed by atoms with E-state index in [1.807, 2.05) is 4.68 Å². The summed E-state index contributed by atoms with van der Waals surface area (Å²) in [5.41, 5.74) is 9.16. The SMILES string of the molecule is CC1(C)Cc2c(-c3ccc(F)c(-c4cnc(N)c(C(=O)N[C@@H]5CNC[C@@H](F)C5)n4)c3)cnn2C1. The number of aromatic nitrogens is 4. The van der Waals surface area contributed by atoms with Crippen LogP contribution in [0.4, 0.5) is 14.6 Å². The van der Waals surface area contributed by atoms with Crippen molar-refractivity contribution in [3.8, 4) is 22.4 Å². The Morgan fingerprint density at radius 2 is 2.09 bits per heavy atom. The van der Waals surface area contributed by atoms with Crippen LogP contribution >= 0.6 is 0 Å². The molecule has 1 saturated heterocycles. The Labute approximate surface area is 196 Å². The summed E-state index contributed by atoms with van der Waals surface area (Å²) in [6.07, 6.45) is 3.18. The molecule has 2 aliphatic rings. The molecule has 2 aromatic heterocycles. The fourth-order valence-corrected chi connectivity index (χ4v) is 4.73. The number of fused-ring (bicyclic) bond motifs is 1. The summed E-state index contributed by atoms with van der Waals surface area (Å²) >= 11 is 0. The zero-order chi connectivity index (χ0) is 24.0. The Bertz CT molecular complexity index is 1260. The van der Waals surface area contributed by atoms with E-state index in [2.05, 4.69) is 39.5 Å². The lowest BCUT2D eigenvalue weighted by Gasteiger charge is -2.26. The first kappa shape index (κ1) is 22.4. The second-order valence-electron chi connectivity index (χ2n) is 9.85. The van der Waals surface area contributed by atoms with Crippen LogP contribution in [0.15, 0.2) is 30.6 Å². The maximum atomic E-state index is 14.9. The largest absolute Gasteiger partial charge is 0.382 e. The van der Waals surface area contributed by atoms with Gasteiger partial charge in [-0.15, -0.1) is 0 Å². The normalized spacial score (nSPS) is 21.3. The number of anilines is 1. The van der Waals surface area contributed by atoms with Crippen LogP contribution in [0.2, 0.25) is 0 Å². The minimum Gasteiger partial charge on any atom is -0.382 e. The molecule has 0 aliphatic carbocycles. The molecule has 0 bridgehead atoms. The number of carbonyl (C=O) groups excluding carboxylic acids is 1. The van der Waals surface area contributed by atoms with E-state index in [-0.39, 0.29) is 41.1 Å². The van der Waals surface area contributed by atoms with Crippen molar-refractivity contribution in [1.82, 2.24) is 30.4 Å². The minimum absolute atomic E-state index is 0.0740. The fraction of sp³-hybridized carbons (Fsp3) is 0.417. The number of amides is 1. The number of benzene rings is 1. The van der Waals surface area contributed by atoms with E-state index in [0.717, 1.165) is 29.8 Å². The molecule has 178 valence electrons. The molecule has 8 nitrogen and oxygen atoms in total. The average Bonchev–Trinajstić information content (AvgIpc) is 3.29. The Kier molecular flexibility index (Phi) is 5.55. The summed E-state index contributed by atoms with van der Waals surface area (Å²) in [4.78, 5) is 21.2. The van der Waals surface area contributed by atoms with Gasteiger partial charge in [0, 0.05) is 48.9 Å². The van der Waals surface area contributed by atoms with E-state index in [1.165, 1.54) is 12.3 Å². The van der Waals surface area contributed by atoms with Gasteiger partial charge in [0.2, 0.25) is 0 Å². The molecule has 3 aromatic rings. The second kappa shape index (κ2) is 8.43. The van der Waals surface area contributed by atoms with Crippen molar-refractivity contribution < 1.29 is 13.6 Å². The lowest BCUT2D eigenvalue weighted by atomic mass is 9.89. The molecule has 1 aromatic carbocycles. The number of piperidine rings is 1. The molecule has 1 fully saturated rings. The van der Waals surface area contributed by atoms with Crippen molar-refractivity contribution in [1.29, 1.82) is 0 Å². The maximum Gasteiger partial charge on any atom is 0.274 e. The van der Waals surface area contributed by atoms with Gasteiger partial charge in [0.05, 0.1) is 18.1 Å². The number of nitrogen functional groups attached to an aromatic ring is 1. The second-order valence-corrected chi connectivity index (χ2v) is 9.85. The summed E-state index contributed by atoms with van der Waals surface area (Å²) in [6.45, 7) is 5.92. The van der Waals surface area contributed by atoms with Gasteiger partial charge in [-0.3, -0.25) is 9.48 Å². The van der Waals surface area contributed by atoms with Crippen LogP contribution < -0.4 is 16.4 Å². The smallest absolute Gasteiger partial charge is 0.274 e. The number of hydrogen-bond acceptors (Lipinski definition) is 6. The number of nitrogens with two attached hydrogens (primary N) is 1. The van der Waals surface area contributed by atoms with Gasteiger partial charge in [0.1, 0.15) is 12.0 Å². The van der Waals surface area contributed by atoms with Gasteiger partial charge >= 0.3 is 0 Å². The molecule has 0 unspecified atom stereocenters. The Morgan fingerprint density at radius 1 is 1.26 bits per heavy atom. The Balaban J connectivity index is 1.45. The van der Waals surface area contributed by atoms with Crippen LogP contribution in [0.3, 0.4) is 0 Å². The first-order valence-electron chi connectivity index (χ1n) is 11.3. The molecule has 0 radical (unpaired) electrons. The number of nitrogens with one attached hydrogen (secondary N) is 2. The summed E-state index contributed by atoms with van der Waals surface area (Å²) in [5, 5.41) is 10.2. The quantitative estimate of drug-likeness (QED) is 0.544. The maximum absolute atomic E-state index is 14.9. The number of hydrogen-bond donors (Lipinski definition) is 3. The molecule has 34 heavy (non-hydrogen) atoms. The first-order valence-corrected chi connectivity index (χ1v) is 11.3. The van der Waals surface area contributed by atoms with Crippen LogP contribution in [0.1, 0.15) is 36.5 Å². The number of carbonyl (C=O) groups is 1. The van der Waals surface area contributed by atoms with Crippen molar-refractivity contribution >= 4 is 11.7 Å². The minimum atomic E-state index is -1.04. The lowest BCUT2D eigenvalue weighted by molar-refractivity contribution is 0.0914. The predicted octanol–water partition coefficient (Wildman–Crippen LogP) is 2.74. The van der Waals surface area contributed by atoms with Crippen molar-refractivity contribution in [2.24, 2.45) is 5.41 Å². The molecular weight excluding hydrogens is 440 g/mol. The Morgan fingerprint density at radius 3 is 2.88 bits per heavy atom. The highest BCUT2D eigenvalue weighted by Gasteiger charge is 2.32. The molecular formula is C24H27F2N7O. The predicted molar refractivity (Wildman–Crippen MR) is 124 cm³/mol. The van der Waals surface area contributed by atoms with Crippen LogP contribution in [0, 0.1) is 11.2 Å². The van der Waals surface area contributed by atoms with Crippen molar-refractivity contribution in [3.63, 3.8) is 0 Å². The third kappa shape index (κ3) is 4.25. The van der Waals surface area contributed by atoms with E-state index < -0.39 is 23.9 Å². The van der Waals surface area contributed by atoms with Gasteiger partial charge in [-0.05, 0) is 29.5 Å². The molecule has 1 amide bonds. The molecule has 5 rings (SSSR count). The van der Waals surface area contributed by atoms with E-state index in [4.69, 9.17) is 5.73 Å². The summed E-state index contributed by atoms with van der Waals surface area (Å²) < 4.78 is 30.5. The van der Waals surface area contributed by atoms with Gasteiger partial charge in [0.15, 0.2) is 11.5 Å². The van der Waals surface area contributed by atoms with E-state index >= 15 is 0 Å². The average molecular weight is 468 g/mol. The zero-order valence-corrected chi connectivity index (χ0v) is 19.1. The van der Waals surface area contributed by atoms with Gasteiger partial charge in [-0.25, -0.2) is 18.7 Å². The number of rotatable bonds is 4. The van der Waals surface area contributed by atoms with Crippen molar-refractivity contribution in [2.45, 2.75) is 45.4 Å². The highest BCUT2D eigenvalue weighted by Crippen LogP contribution is 2.38. The molecule has 4 heterocycles. The topological polar surface area (TPSA) is 111 Å². The van der Waals surface area contributed by atoms with Gasteiger partial charge in [-0.2, -0.15) is 5.10 Å². The molecule has 4 N–H and O–H groups in total. The van der Waals surface area contributed by atoms with Gasteiger partial charge in [-0.1, -0.05) is 19.9 Å². The third-order valence-corrected chi connectivity index (χ3v) is 6.37. The van der Waals surface area contributed by atoms with Crippen LogP contribution in [-0.4, -0.2) is 51.0 Å². The van der Waals surface area contributed by atoms with Crippen LogP contribution in [0.5, 0.6) is 0 Å².